The molecule has 2 aromatic carbocycles. The number of carbonyl (C=O) groups is 2. The molecule has 0 bridgehead atoms. The molecule has 0 aliphatic rings. The molecule has 0 heterocycles. The van der Waals surface area contributed by atoms with Gasteiger partial charge in [-0.25, -0.2) is 8.78 Å². The normalized spacial score (nSPS) is 10.6. The highest BCUT2D eigenvalue weighted by Gasteiger charge is 2.16. The van der Waals surface area contributed by atoms with Gasteiger partial charge < -0.3 is 15.0 Å². The molecule has 0 aromatic heterocycles. The topological polar surface area (TPSA) is 58.6 Å². The van der Waals surface area contributed by atoms with E-state index in [-0.39, 0.29) is 36.6 Å². The third kappa shape index (κ3) is 5.77. The zero-order valence-electron chi connectivity index (χ0n) is 15.5. The van der Waals surface area contributed by atoms with E-state index in [1.165, 1.54) is 17.9 Å². The Bertz CT molecular complexity index is 825. The quantitative estimate of drug-likeness (QED) is 0.790. The van der Waals surface area contributed by atoms with E-state index in [1.54, 1.807) is 24.3 Å². The number of anilines is 2. The molecule has 0 radical (unpaired) electrons. The van der Waals surface area contributed by atoms with Gasteiger partial charge in [0.25, 0.3) is 0 Å². The van der Waals surface area contributed by atoms with Gasteiger partial charge in [0.1, 0.15) is 5.75 Å². The van der Waals surface area contributed by atoms with Crippen LogP contribution in [0.1, 0.15) is 27.2 Å². The van der Waals surface area contributed by atoms with Gasteiger partial charge in [-0.1, -0.05) is 12.1 Å². The Kier molecular flexibility index (Phi) is 6.87. The molecular formula is C20H22F2N2O3. The van der Waals surface area contributed by atoms with Gasteiger partial charge in [-0.05, 0) is 38.1 Å². The molecule has 0 aliphatic carbocycles. The van der Waals surface area contributed by atoms with Crippen molar-refractivity contribution in [1.82, 2.24) is 0 Å². The number of para-hydroxylation sites is 2. The number of nitrogens with zero attached hydrogens (tertiary/aromatic N) is 1. The van der Waals surface area contributed by atoms with Crippen LogP contribution in [0.2, 0.25) is 0 Å². The maximum absolute atomic E-state index is 13.4. The molecule has 2 rings (SSSR count). The van der Waals surface area contributed by atoms with Gasteiger partial charge in [-0.3, -0.25) is 9.59 Å². The highest BCUT2D eigenvalue weighted by Crippen LogP contribution is 2.25. The van der Waals surface area contributed by atoms with Gasteiger partial charge in [0, 0.05) is 31.6 Å². The Hall–Kier alpha value is -2.96. The van der Waals surface area contributed by atoms with Crippen molar-refractivity contribution in [2.45, 2.75) is 33.3 Å². The summed E-state index contributed by atoms with van der Waals surface area (Å²) in [4.78, 5) is 25.4. The van der Waals surface area contributed by atoms with Gasteiger partial charge in [0.05, 0.1) is 11.8 Å². The fraction of sp³-hybridized carbons (Fsp3) is 0.300. The number of rotatable bonds is 7. The van der Waals surface area contributed by atoms with Crippen molar-refractivity contribution in [1.29, 1.82) is 0 Å². The fourth-order valence-electron chi connectivity index (χ4n) is 2.47. The van der Waals surface area contributed by atoms with Crippen molar-refractivity contribution >= 4 is 23.2 Å². The van der Waals surface area contributed by atoms with Crippen LogP contribution in [0.5, 0.6) is 5.75 Å². The molecule has 2 aromatic rings. The molecule has 0 unspecified atom stereocenters. The molecule has 0 saturated heterocycles. The number of ether oxygens (including phenoxy) is 1. The van der Waals surface area contributed by atoms with E-state index < -0.39 is 11.6 Å². The summed E-state index contributed by atoms with van der Waals surface area (Å²) in [6.45, 7) is 5.08. The molecule has 144 valence electrons. The first-order valence-electron chi connectivity index (χ1n) is 8.56. The van der Waals surface area contributed by atoms with Crippen LogP contribution in [0.15, 0.2) is 42.5 Å². The minimum Gasteiger partial charge on any atom is -0.489 e. The third-order valence-corrected chi connectivity index (χ3v) is 3.68. The second kappa shape index (κ2) is 9.12. The van der Waals surface area contributed by atoms with Crippen molar-refractivity contribution in [2.75, 3.05) is 16.8 Å². The number of nitrogens with one attached hydrogen (secondary N) is 1. The summed E-state index contributed by atoms with van der Waals surface area (Å²) in [5, 5.41) is 2.75. The molecule has 0 saturated carbocycles. The lowest BCUT2D eigenvalue weighted by molar-refractivity contribution is -0.117. The first-order valence-corrected chi connectivity index (χ1v) is 8.56. The summed E-state index contributed by atoms with van der Waals surface area (Å²) in [5.74, 6) is -2.21. The summed E-state index contributed by atoms with van der Waals surface area (Å²) >= 11 is 0. The van der Waals surface area contributed by atoms with Gasteiger partial charge in [0.15, 0.2) is 11.6 Å². The number of amides is 2. The van der Waals surface area contributed by atoms with Gasteiger partial charge in [0.2, 0.25) is 11.8 Å². The molecule has 0 fully saturated rings. The van der Waals surface area contributed by atoms with Crippen LogP contribution in [0.4, 0.5) is 20.2 Å². The molecule has 7 heteroatoms. The summed E-state index contributed by atoms with van der Waals surface area (Å²) < 4.78 is 32.2. The van der Waals surface area contributed by atoms with Crippen molar-refractivity contribution < 1.29 is 23.1 Å². The summed E-state index contributed by atoms with van der Waals surface area (Å²) in [6, 6.07) is 10.2. The van der Waals surface area contributed by atoms with E-state index in [0.29, 0.717) is 11.4 Å². The second-order valence-corrected chi connectivity index (χ2v) is 6.23. The maximum Gasteiger partial charge on any atom is 0.226 e. The number of hydrogen-bond acceptors (Lipinski definition) is 3. The zero-order chi connectivity index (χ0) is 20.0. The average Bonchev–Trinajstić information content (AvgIpc) is 2.59. The van der Waals surface area contributed by atoms with Gasteiger partial charge in [-0.15, -0.1) is 0 Å². The molecule has 27 heavy (non-hydrogen) atoms. The van der Waals surface area contributed by atoms with Crippen molar-refractivity contribution in [3.05, 3.63) is 54.1 Å². The standard InChI is InChI=1S/C20H22F2N2O3/c1-13(2)27-19-7-5-4-6-18(19)23-20(26)10-11-24(14(3)25)15-8-9-16(21)17(22)12-15/h4-9,12-13H,10-11H2,1-3H3,(H,23,26). The monoisotopic (exact) mass is 376 g/mol. The van der Waals surface area contributed by atoms with Crippen LogP contribution in [0, 0.1) is 11.6 Å². The van der Waals surface area contributed by atoms with E-state index in [0.717, 1.165) is 12.1 Å². The lowest BCUT2D eigenvalue weighted by Gasteiger charge is -2.21. The highest BCUT2D eigenvalue weighted by molar-refractivity contribution is 5.95. The molecule has 2 amide bonds. The number of halogens is 2. The van der Waals surface area contributed by atoms with E-state index >= 15 is 0 Å². The number of carbonyl (C=O) groups excluding carboxylic acids is 2. The van der Waals surface area contributed by atoms with Crippen LogP contribution in [-0.2, 0) is 9.59 Å². The van der Waals surface area contributed by atoms with Crippen molar-refractivity contribution in [3.8, 4) is 5.75 Å². The lowest BCUT2D eigenvalue weighted by atomic mass is 10.2. The van der Waals surface area contributed by atoms with Crippen LogP contribution >= 0.6 is 0 Å². The fourth-order valence-corrected chi connectivity index (χ4v) is 2.47. The maximum atomic E-state index is 13.4. The number of benzene rings is 2. The Labute approximate surface area is 156 Å². The first-order chi connectivity index (χ1) is 12.8. The van der Waals surface area contributed by atoms with Crippen LogP contribution in [-0.4, -0.2) is 24.5 Å². The SMILES string of the molecule is CC(=O)N(CCC(=O)Nc1ccccc1OC(C)C)c1ccc(F)c(F)c1. The van der Waals surface area contributed by atoms with Crippen LogP contribution in [0.3, 0.4) is 0 Å². The van der Waals surface area contributed by atoms with Gasteiger partial charge in [-0.2, -0.15) is 0 Å². The Balaban J connectivity index is 2.04. The van der Waals surface area contributed by atoms with E-state index in [1.807, 2.05) is 13.8 Å². The third-order valence-electron chi connectivity index (χ3n) is 3.68. The van der Waals surface area contributed by atoms with Crippen LogP contribution < -0.4 is 15.0 Å². The van der Waals surface area contributed by atoms with Gasteiger partial charge >= 0.3 is 0 Å². The molecule has 5 nitrogen and oxygen atoms in total. The predicted octanol–water partition coefficient (Wildman–Crippen LogP) is 4.13. The largest absolute Gasteiger partial charge is 0.489 e. The average molecular weight is 376 g/mol. The van der Waals surface area contributed by atoms with E-state index in [2.05, 4.69) is 5.32 Å². The van der Waals surface area contributed by atoms with Crippen molar-refractivity contribution in [2.24, 2.45) is 0 Å². The summed E-state index contributed by atoms with van der Waals surface area (Å²) in [7, 11) is 0. The van der Waals surface area contributed by atoms with Crippen LogP contribution in [0.25, 0.3) is 0 Å². The summed E-state index contributed by atoms with van der Waals surface area (Å²) in [6.07, 6.45) is -0.0705. The van der Waals surface area contributed by atoms with Crippen molar-refractivity contribution in [3.63, 3.8) is 0 Å². The smallest absolute Gasteiger partial charge is 0.226 e. The van der Waals surface area contributed by atoms with E-state index in [9.17, 15) is 18.4 Å². The Morgan fingerprint density at radius 2 is 1.81 bits per heavy atom. The minimum atomic E-state index is -1.05. The van der Waals surface area contributed by atoms with E-state index in [4.69, 9.17) is 4.74 Å². The molecule has 1 N–H and O–H groups in total. The number of hydrogen-bond donors (Lipinski definition) is 1. The molecule has 0 aliphatic heterocycles. The minimum absolute atomic E-state index is 0.0193. The first kappa shape index (κ1) is 20.4. The molecular weight excluding hydrogens is 354 g/mol. The summed E-state index contributed by atoms with van der Waals surface area (Å²) in [5.41, 5.74) is 0.719. The predicted molar refractivity (Wildman–Crippen MR) is 99.8 cm³/mol. The highest BCUT2D eigenvalue weighted by atomic mass is 19.2. The molecule has 0 atom stereocenters. The molecule has 0 spiro atoms. The Morgan fingerprint density at radius 1 is 1.11 bits per heavy atom. The second-order valence-electron chi connectivity index (χ2n) is 6.23. The Morgan fingerprint density at radius 3 is 2.44 bits per heavy atom. The zero-order valence-corrected chi connectivity index (χ0v) is 15.5. The lowest BCUT2D eigenvalue weighted by Crippen LogP contribution is -2.32.